The second-order valence-electron chi connectivity index (χ2n) is 5.65. The van der Waals surface area contributed by atoms with Crippen LogP contribution in [0.2, 0.25) is 0 Å². The highest BCUT2D eigenvalue weighted by molar-refractivity contribution is 7.90. The molecule has 0 saturated carbocycles. The van der Waals surface area contributed by atoms with Crippen LogP contribution in [-0.2, 0) is 9.84 Å². The Morgan fingerprint density at radius 3 is 2.36 bits per heavy atom. The third kappa shape index (κ3) is 3.52. The predicted molar refractivity (Wildman–Crippen MR) is 97.3 cm³/mol. The van der Waals surface area contributed by atoms with Crippen LogP contribution in [-0.4, -0.2) is 19.7 Å². The molecule has 0 saturated heterocycles. The summed E-state index contributed by atoms with van der Waals surface area (Å²) >= 11 is 0. The van der Waals surface area contributed by atoms with Gasteiger partial charge in [0.2, 0.25) is 0 Å². The van der Waals surface area contributed by atoms with E-state index in [2.05, 4.69) is 11.1 Å². The maximum Gasteiger partial charge on any atom is 0.175 e. The van der Waals surface area contributed by atoms with E-state index in [1.165, 1.54) is 6.26 Å². The smallest absolute Gasteiger partial charge is 0.175 e. The topological polar surface area (TPSA) is 96.8 Å². The number of pyridine rings is 1. The van der Waals surface area contributed by atoms with Crippen molar-refractivity contribution in [2.45, 2.75) is 4.90 Å². The van der Waals surface area contributed by atoms with E-state index in [4.69, 9.17) is 11.0 Å². The van der Waals surface area contributed by atoms with E-state index in [-0.39, 0.29) is 4.90 Å². The summed E-state index contributed by atoms with van der Waals surface area (Å²) in [5.41, 5.74) is 9.71. The minimum absolute atomic E-state index is 0.265. The maximum atomic E-state index is 11.6. The Hall–Kier alpha value is -3.17. The molecule has 5 nitrogen and oxygen atoms in total. The number of nitrogen functional groups attached to an aromatic ring is 1. The number of sulfone groups is 1. The summed E-state index contributed by atoms with van der Waals surface area (Å²) in [7, 11) is -3.23. The van der Waals surface area contributed by atoms with E-state index in [0.717, 1.165) is 22.3 Å². The van der Waals surface area contributed by atoms with Gasteiger partial charge < -0.3 is 5.73 Å². The molecule has 2 aromatic carbocycles. The van der Waals surface area contributed by atoms with Gasteiger partial charge in [-0.3, -0.25) is 0 Å². The van der Waals surface area contributed by atoms with Crippen molar-refractivity contribution in [1.29, 1.82) is 5.26 Å². The van der Waals surface area contributed by atoms with Crippen molar-refractivity contribution in [3.05, 3.63) is 66.4 Å². The lowest BCUT2D eigenvalue weighted by Gasteiger charge is -2.09. The van der Waals surface area contributed by atoms with Gasteiger partial charge in [0, 0.05) is 23.6 Å². The number of hydrogen-bond donors (Lipinski definition) is 1. The summed E-state index contributed by atoms with van der Waals surface area (Å²) in [6, 6.07) is 17.7. The molecule has 6 heteroatoms. The van der Waals surface area contributed by atoms with Gasteiger partial charge in [0.05, 0.1) is 16.5 Å². The van der Waals surface area contributed by atoms with Gasteiger partial charge in [-0.1, -0.05) is 24.3 Å². The molecule has 0 amide bonds. The Labute approximate surface area is 146 Å². The molecule has 0 fully saturated rings. The molecule has 2 N–H and O–H groups in total. The van der Waals surface area contributed by atoms with Crippen LogP contribution in [0.5, 0.6) is 0 Å². The Morgan fingerprint density at radius 2 is 1.72 bits per heavy atom. The Morgan fingerprint density at radius 1 is 1.00 bits per heavy atom. The van der Waals surface area contributed by atoms with Crippen molar-refractivity contribution in [2.75, 3.05) is 12.0 Å². The van der Waals surface area contributed by atoms with Gasteiger partial charge in [-0.25, -0.2) is 13.4 Å². The van der Waals surface area contributed by atoms with Crippen molar-refractivity contribution < 1.29 is 8.42 Å². The van der Waals surface area contributed by atoms with Crippen molar-refractivity contribution >= 4 is 15.7 Å². The number of nitrogens with two attached hydrogens (primary N) is 1. The molecule has 0 aliphatic carbocycles. The van der Waals surface area contributed by atoms with Gasteiger partial charge in [0.15, 0.2) is 9.84 Å². The first-order valence-corrected chi connectivity index (χ1v) is 9.34. The largest absolute Gasteiger partial charge is 0.383 e. The minimum atomic E-state index is -3.23. The second kappa shape index (κ2) is 6.38. The minimum Gasteiger partial charge on any atom is -0.383 e. The fourth-order valence-electron chi connectivity index (χ4n) is 2.52. The quantitative estimate of drug-likeness (QED) is 0.782. The highest BCUT2D eigenvalue weighted by Gasteiger charge is 2.10. The van der Waals surface area contributed by atoms with Crippen molar-refractivity contribution in [2.24, 2.45) is 0 Å². The van der Waals surface area contributed by atoms with E-state index in [1.807, 2.05) is 12.1 Å². The molecule has 0 unspecified atom stereocenters. The summed E-state index contributed by atoms with van der Waals surface area (Å²) in [5, 5.41) is 9.06. The molecule has 0 radical (unpaired) electrons. The lowest BCUT2D eigenvalue weighted by molar-refractivity contribution is 0.602. The van der Waals surface area contributed by atoms with Gasteiger partial charge in [0.1, 0.15) is 5.82 Å². The fraction of sp³-hybridized carbons (Fsp3) is 0.0526. The average molecular weight is 349 g/mol. The zero-order valence-corrected chi connectivity index (χ0v) is 14.3. The molecule has 0 bridgehead atoms. The Balaban J connectivity index is 2.06. The number of aromatic nitrogens is 1. The van der Waals surface area contributed by atoms with Gasteiger partial charge in [-0.05, 0) is 41.5 Å². The lowest BCUT2D eigenvalue weighted by Crippen LogP contribution is -1.97. The number of rotatable bonds is 3. The lowest BCUT2D eigenvalue weighted by atomic mass is 10.00. The highest BCUT2D eigenvalue weighted by atomic mass is 32.2. The maximum absolute atomic E-state index is 11.6. The Bertz CT molecular complexity index is 1080. The molecule has 124 valence electrons. The summed E-state index contributed by atoms with van der Waals surface area (Å²) in [6.45, 7) is 0. The predicted octanol–water partition coefficient (Wildman–Crippen LogP) is 3.27. The van der Waals surface area contributed by atoms with Crippen molar-refractivity contribution in [3.63, 3.8) is 0 Å². The summed E-state index contributed by atoms with van der Waals surface area (Å²) in [4.78, 5) is 4.50. The standard InChI is InChI=1S/C19H15N3O2S/c1-25(23,24)17-7-5-14(6-8-17)16-10-18(19(21)22-12-16)15-4-2-3-13(9-15)11-20/h2-10,12H,1H3,(H2,21,22). The van der Waals surface area contributed by atoms with E-state index < -0.39 is 9.84 Å². The zero-order chi connectivity index (χ0) is 18.0. The molecule has 25 heavy (non-hydrogen) atoms. The number of anilines is 1. The molecule has 0 spiro atoms. The Kier molecular flexibility index (Phi) is 4.26. The van der Waals surface area contributed by atoms with Gasteiger partial charge in [0.25, 0.3) is 0 Å². The van der Waals surface area contributed by atoms with Crippen LogP contribution in [0.3, 0.4) is 0 Å². The first-order valence-electron chi connectivity index (χ1n) is 7.45. The molecular weight excluding hydrogens is 334 g/mol. The second-order valence-corrected chi connectivity index (χ2v) is 7.66. The fourth-order valence-corrected chi connectivity index (χ4v) is 3.15. The number of benzene rings is 2. The van der Waals surface area contributed by atoms with Crippen LogP contribution in [0.15, 0.2) is 65.7 Å². The number of nitrogens with zero attached hydrogens (tertiary/aromatic N) is 2. The third-order valence-electron chi connectivity index (χ3n) is 3.84. The monoisotopic (exact) mass is 349 g/mol. The van der Waals surface area contributed by atoms with Gasteiger partial charge in [-0.15, -0.1) is 0 Å². The molecule has 0 aliphatic heterocycles. The number of nitriles is 1. The SMILES string of the molecule is CS(=O)(=O)c1ccc(-c2cnc(N)c(-c3cccc(C#N)c3)c2)cc1. The summed E-state index contributed by atoms with van der Waals surface area (Å²) < 4.78 is 23.1. The third-order valence-corrected chi connectivity index (χ3v) is 4.97. The van der Waals surface area contributed by atoms with Crippen LogP contribution < -0.4 is 5.73 Å². The van der Waals surface area contributed by atoms with Crippen molar-refractivity contribution in [3.8, 4) is 28.3 Å². The van der Waals surface area contributed by atoms with Crippen LogP contribution in [0.25, 0.3) is 22.3 Å². The zero-order valence-electron chi connectivity index (χ0n) is 13.5. The molecule has 0 atom stereocenters. The van der Waals surface area contributed by atoms with E-state index in [0.29, 0.717) is 11.4 Å². The van der Waals surface area contributed by atoms with Crippen LogP contribution in [0, 0.1) is 11.3 Å². The molecule has 1 aromatic heterocycles. The highest BCUT2D eigenvalue weighted by Crippen LogP contribution is 2.30. The summed E-state index contributed by atoms with van der Waals surface area (Å²) in [5.74, 6) is 0.367. The molecule has 3 rings (SSSR count). The number of hydrogen-bond acceptors (Lipinski definition) is 5. The van der Waals surface area contributed by atoms with Crippen molar-refractivity contribution in [1.82, 2.24) is 4.98 Å². The van der Waals surface area contributed by atoms with Crippen LogP contribution in [0.1, 0.15) is 5.56 Å². The first kappa shape index (κ1) is 16.7. The van der Waals surface area contributed by atoms with E-state index in [1.54, 1.807) is 48.7 Å². The average Bonchev–Trinajstić information content (AvgIpc) is 2.61. The molecular formula is C19H15N3O2S. The summed E-state index contributed by atoms with van der Waals surface area (Å²) in [6.07, 6.45) is 2.81. The first-order chi connectivity index (χ1) is 11.9. The molecule has 3 aromatic rings. The van der Waals surface area contributed by atoms with Gasteiger partial charge in [-0.2, -0.15) is 5.26 Å². The van der Waals surface area contributed by atoms with Crippen LogP contribution >= 0.6 is 0 Å². The molecule has 1 heterocycles. The molecule has 0 aliphatic rings. The normalized spacial score (nSPS) is 11.0. The van der Waals surface area contributed by atoms with Crippen LogP contribution in [0.4, 0.5) is 5.82 Å². The van der Waals surface area contributed by atoms with E-state index >= 15 is 0 Å². The van der Waals surface area contributed by atoms with Gasteiger partial charge >= 0.3 is 0 Å². The van der Waals surface area contributed by atoms with E-state index in [9.17, 15) is 8.42 Å².